The Morgan fingerprint density at radius 3 is 2.69 bits per heavy atom. The number of fused-ring (bicyclic) bond motifs is 3. The highest BCUT2D eigenvalue weighted by Crippen LogP contribution is 2.35. The summed E-state index contributed by atoms with van der Waals surface area (Å²) < 4.78 is 7.48. The largest absolute Gasteiger partial charge is 0.392 e. The van der Waals surface area contributed by atoms with Crippen LogP contribution in [0.5, 0.6) is 0 Å². The van der Waals surface area contributed by atoms with Crippen LogP contribution in [0.25, 0.3) is 16.6 Å². The maximum Gasteiger partial charge on any atom is 0.274 e. The van der Waals surface area contributed by atoms with Crippen LogP contribution in [0.15, 0.2) is 23.1 Å². The van der Waals surface area contributed by atoms with E-state index in [1.54, 1.807) is 12.3 Å². The number of carbonyl (C=O) groups excluding carboxylic acids is 1. The number of hydrogen-bond donors (Lipinski definition) is 2. The first-order valence-electron chi connectivity index (χ1n) is 12.8. The van der Waals surface area contributed by atoms with Crippen LogP contribution < -0.4 is 5.56 Å². The number of carbonyl (C=O) groups is 1. The molecule has 5 rings (SSSR count). The molecule has 3 aromatic rings. The van der Waals surface area contributed by atoms with Crippen LogP contribution in [-0.2, 0) is 4.74 Å². The summed E-state index contributed by atoms with van der Waals surface area (Å²) in [6, 6.07) is 3.79. The van der Waals surface area contributed by atoms with Crippen LogP contribution in [0, 0.1) is 18.3 Å². The molecule has 2 aliphatic rings. The summed E-state index contributed by atoms with van der Waals surface area (Å²) >= 11 is 0. The SMILES string of the molecule is Cc1cc2c(cc1C(=O)N1C[C@H](C)C(O)[C@@](C)(CN(C)C)C1)[nH]c(=O)c1cnc(C3CCOCC3)n12. The number of imidazole rings is 1. The van der Waals surface area contributed by atoms with Gasteiger partial charge in [0.15, 0.2) is 0 Å². The van der Waals surface area contributed by atoms with E-state index >= 15 is 0 Å². The second-order valence-electron chi connectivity index (χ2n) is 11.4. The van der Waals surface area contributed by atoms with E-state index < -0.39 is 11.5 Å². The van der Waals surface area contributed by atoms with Crippen molar-refractivity contribution in [2.45, 2.75) is 45.6 Å². The third-order valence-electron chi connectivity index (χ3n) is 7.95. The van der Waals surface area contributed by atoms with Crippen molar-refractivity contribution in [2.24, 2.45) is 11.3 Å². The Labute approximate surface area is 211 Å². The number of nitrogens with one attached hydrogen (secondary N) is 1. The summed E-state index contributed by atoms with van der Waals surface area (Å²) in [5, 5.41) is 10.9. The highest BCUT2D eigenvalue weighted by molar-refractivity contribution is 5.99. The zero-order valence-corrected chi connectivity index (χ0v) is 21.9. The molecule has 0 saturated carbocycles. The fourth-order valence-corrected chi connectivity index (χ4v) is 6.34. The van der Waals surface area contributed by atoms with Gasteiger partial charge in [-0.15, -0.1) is 0 Å². The Bertz CT molecular complexity index is 1360. The van der Waals surface area contributed by atoms with Crippen molar-refractivity contribution in [3.8, 4) is 0 Å². The molecule has 4 heterocycles. The minimum atomic E-state index is -0.490. The van der Waals surface area contributed by atoms with Gasteiger partial charge in [0.25, 0.3) is 11.5 Å². The lowest BCUT2D eigenvalue weighted by atomic mass is 9.74. The minimum Gasteiger partial charge on any atom is -0.392 e. The van der Waals surface area contributed by atoms with Gasteiger partial charge in [-0.1, -0.05) is 13.8 Å². The number of amides is 1. The number of aromatic nitrogens is 3. The lowest BCUT2D eigenvalue weighted by Gasteiger charge is -2.48. The number of hydrogen-bond acceptors (Lipinski definition) is 6. The summed E-state index contributed by atoms with van der Waals surface area (Å²) in [5.41, 5.74) is 2.75. The lowest BCUT2D eigenvalue weighted by molar-refractivity contribution is -0.0712. The number of ether oxygens (including phenoxy) is 1. The normalized spacial score (nSPS) is 25.8. The molecule has 194 valence electrons. The molecule has 1 unspecified atom stereocenters. The van der Waals surface area contributed by atoms with Gasteiger partial charge in [0.1, 0.15) is 11.3 Å². The Morgan fingerprint density at radius 2 is 2.00 bits per heavy atom. The highest BCUT2D eigenvalue weighted by atomic mass is 16.5. The number of aryl methyl sites for hydroxylation is 1. The average molecular weight is 496 g/mol. The van der Waals surface area contributed by atoms with E-state index in [-0.39, 0.29) is 23.3 Å². The van der Waals surface area contributed by atoms with E-state index in [1.165, 1.54) is 0 Å². The first kappa shape index (κ1) is 24.9. The van der Waals surface area contributed by atoms with E-state index in [9.17, 15) is 14.7 Å². The number of likely N-dealkylation sites (tertiary alicyclic amines) is 1. The number of aliphatic hydroxyl groups is 1. The summed E-state index contributed by atoms with van der Waals surface area (Å²) in [5.74, 6) is 0.986. The standard InChI is InChI=1S/C27H37N5O4/c1-16-10-21-20(29-25(34)22-12-28-24(32(21)22)18-6-8-36-9-7-18)11-19(16)26(35)31-13-17(2)23(33)27(3,15-31)14-30(4)5/h10-12,17-18,23,33H,6-9,13-15H2,1-5H3,(H,29,34)/t17-,23?,27-/m0/s1. The molecule has 1 amide bonds. The van der Waals surface area contributed by atoms with Crippen molar-refractivity contribution >= 4 is 22.5 Å². The highest BCUT2D eigenvalue weighted by Gasteiger charge is 2.44. The van der Waals surface area contributed by atoms with Crippen molar-refractivity contribution in [1.82, 2.24) is 24.2 Å². The Balaban J connectivity index is 1.56. The van der Waals surface area contributed by atoms with Crippen LogP contribution in [0.4, 0.5) is 0 Å². The smallest absolute Gasteiger partial charge is 0.274 e. The molecule has 9 heteroatoms. The van der Waals surface area contributed by atoms with Gasteiger partial charge < -0.3 is 24.6 Å². The van der Waals surface area contributed by atoms with Crippen molar-refractivity contribution in [3.63, 3.8) is 0 Å². The lowest BCUT2D eigenvalue weighted by Crippen LogP contribution is -2.59. The number of aromatic amines is 1. The third kappa shape index (κ3) is 4.23. The second kappa shape index (κ2) is 9.28. The zero-order valence-electron chi connectivity index (χ0n) is 21.9. The van der Waals surface area contributed by atoms with Crippen molar-refractivity contribution in [3.05, 3.63) is 45.6 Å². The summed E-state index contributed by atoms with van der Waals surface area (Å²) in [6.07, 6.45) is 2.89. The van der Waals surface area contributed by atoms with Crippen LogP contribution in [0.3, 0.4) is 0 Å². The number of rotatable bonds is 4. The number of H-pyrrole nitrogens is 1. The molecule has 2 aliphatic heterocycles. The minimum absolute atomic E-state index is 0.0409. The molecule has 36 heavy (non-hydrogen) atoms. The van der Waals surface area contributed by atoms with Gasteiger partial charge in [0.05, 0.1) is 23.3 Å². The Kier molecular flexibility index (Phi) is 6.43. The molecule has 9 nitrogen and oxygen atoms in total. The summed E-state index contributed by atoms with van der Waals surface area (Å²) in [7, 11) is 3.97. The van der Waals surface area contributed by atoms with E-state index in [0.29, 0.717) is 49.4 Å². The van der Waals surface area contributed by atoms with Crippen LogP contribution in [0.2, 0.25) is 0 Å². The molecule has 0 bridgehead atoms. The summed E-state index contributed by atoms with van der Waals surface area (Å²) in [4.78, 5) is 38.3. The first-order chi connectivity index (χ1) is 17.1. The van der Waals surface area contributed by atoms with Crippen LogP contribution >= 0.6 is 0 Å². The van der Waals surface area contributed by atoms with E-state index in [1.807, 2.05) is 50.2 Å². The molecule has 1 aromatic carbocycles. The topological polar surface area (TPSA) is 103 Å². The summed E-state index contributed by atoms with van der Waals surface area (Å²) in [6.45, 7) is 9.00. The van der Waals surface area contributed by atoms with Gasteiger partial charge in [-0.2, -0.15) is 0 Å². The predicted octanol–water partition coefficient (Wildman–Crippen LogP) is 2.40. The predicted molar refractivity (Wildman–Crippen MR) is 139 cm³/mol. The van der Waals surface area contributed by atoms with Crippen molar-refractivity contribution < 1.29 is 14.6 Å². The molecule has 2 N–H and O–H groups in total. The molecular formula is C27H37N5O4. The quantitative estimate of drug-likeness (QED) is 0.576. The van der Waals surface area contributed by atoms with Crippen molar-refractivity contribution in [1.29, 1.82) is 0 Å². The fourth-order valence-electron chi connectivity index (χ4n) is 6.34. The molecule has 2 saturated heterocycles. The molecular weight excluding hydrogens is 458 g/mol. The average Bonchev–Trinajstić information content (AvgIpc) is 3.28. The van der Waals surface area contributed by atoms with E-state index in [0.717, 1.165) is 29.7 Å². The van der Waals surface area contributed by atoms with Crippen LogP contribution in [0.1, 0.15) is 54.4 Å². The number of aliphatic hydroxyl groups excluding tert-OH is 1. The molecule has 0 radical (unpaired) electrons. The van der Waals surface area contributed by atoms with Gasteiger partial charge in [-0.25, -0.2) is 4.98 Å². The fraction of sp³-hybridized carbons (Fsp3) is 0.593. The maximum atomic E-state index is 13.8. The second-order valence-corrected chi connectivity index (χ2v) is 11.4. The van der Waals surface area contributed by atoms with E-state index in [2.05, 4.69) is 14.9 Å². The zero-order chi connectivity index (χ0) is 25.8. The first-order valence-corrected chi connectivity index (χ1v) is 12.8. The number of piperidine rings is 1. The molecule has 2 fully saturated rings. The number of benzene rings is 1. The van der Waals surface area contributed by atoms with E-state index in [4.69, 9.17) is 4.74 Å². The van der Waals surface area contributed by atoms with Crippen molar-refractivity contribution in [2.75, 3.05) is 46.9 Å². The molecule has 0 aliphatic carbocycles. The maximum absolute atomic E-state index is 13.8. The molecule has 3 atom stereocenters. The Hall–Kier alpha value is -2.75. The Morgan fingerprint density at radius 1 is 1.28 bits per heavy atom. The van der Waals surface area contributed by atoms with Gasteiger partial charge in [-0.3, -0.25) is 14.0 Å². The molecule has 0 spiro atoms. The van der Waals surface area contributed by atoms with Crippen LogP contribution in [-0.4, -0.2) is 88.2 Å². The van der Waals surface area contributed by atoms with Gasteiger partial charge in [-0.05, 0) is 51.6 Å². The van der Waals surface area contributed by atoms with Gasteiger partial charge >= 0.3 is 0 Å². The van der Waals surface area contributed by atoms with Gasteiger partial charge in [0.2, 0.25) is 0 Å². The number of nitrogens with zero attached hydrogens (tertiary/aromatic N) is 4. The monoisotopic (exact) mass is 495 g/mol. The third-order valence-corrected chi connectivity index (χ3v) is 7.95. The molecule has 2 aromatic heterocycles. The van der Waals surface area contributed by atoms with Gasteiger partial charge in [0, 0.05) is 55.7 Å².